The molecule has 1 aromatic heterocycles. The summed E-state index contributed by atoms with van der Waals surface area (Å²) in [5.74, 6) is 0. The van der Waals surface area contributed by atoms with Gasteiger partial charge in [-0.2, -0.15) is 0 Å². The molecule has 0 saturated heterocycles. The van der Waals surface area contributed by atoms with E-state index in [2.05, 4.69) is 158 Å². The minimum absolute atomic E-state index is 1.17. The van der Waals surface area contributed by atoms with Crippen molar-refractivity contribution < 1.29 is 0 Å². The Kier molecular flexibility index (Phi) is 5.64. The third kappa shape index (κ3) is 3.95. The van der Waals surface area contributed by atoms with Gasteiger partial charge in [-0.05, 0) is 88.7 Å². The van der Waals surface area contributed by atoms with Gasteiger partial charge in [-0.1, -0.05) is 109 Å². The van der Waals surface area contributed by atoms with Gasteiger partial charge in [0.15, 0.2) is 0 Å². The van der Waals surface area contributed by atoms with Gasteiger partial charge in [0.05, 0.1) is 11.0 Å². The molecule has 1 heteroatoms. The molecule has 0 saturated carbocycles. The molecule has 0 aliphatic carbocycles. The Hall–Kier alpha value is -4.88. The zero-order chi connectivity index (χ0) is 26.3. The Bertz CT molecular complexity index is 1960. The first kappa shape index (κ1) is 23.3. The van der Waals surface area contributed by atoms with Crippen molar-refractivity contribution >= 4 is 21.8 Å². The van der Waals surface area contributed by atoms with Gasteiger partial charge in [-0.15, -0.1) is 0 Å². The maximum atomic E-state index is 2.41. The smallest absolute Gasteiger partial charge is 0.0547 e. The van der Waals surface area contributed by atoms with Crippen molar-refractivity contribution in [3.8, 4) is 39.1 Å². The molecule has 0 unspecified atom stereocenters. The normalized spacial score (nSPS) is 11.3. The van der Waals surface area contributed by atoms with E-state index in [4.69, 9.17) is 0 Å². The SMILES string of the molecule is Cc1ccccc1-c1c(C)cccc1-c1ccc2c3cc(-c4ccccc4)ccc3n(-c3ccccc3)c2c1. The molecule has 39 heavy (non-hydrogen) atoms. The summed E-state index contributed by atoms with van der Waals surface area (Å²) in [7, 11) is 0. The molecule has 1 heterocycles. The first-order valence-electron chi connectivity index (χ1n) is 13.5. The Morgan fingerprint density at radius 1 is 0.410 bits per heavy atom. The Balaban J connectivity index is 1.51. The van der Waals surface area contributed by atoms with Crippen LogP contribution in [0.4, 0.5) is 0 Å². The highest BCUT2D eigenvalue weighted by Gasteiger charge is 2.17. The van der Waals surface area contributed by atoms with Crippen LogP contribution in [0.3, 0.4) is 0 Å². The molecule has 0 N–H and O–H groups in total. The summed E-state index contributed by atoms with van der Waals surface area (Å²) in [4.78, 5) is 0. The van der Waals surface area contributed by atoms with Crippen molar-refractivity contribution in [3.05, 3.63) is 151 Å². The number of rotatable bonds is 4. The third-order valence-corrected chi connectivity index (χ3v) is 7.89. The van der Waals surface area contributed by atoms with Gasteiger partial charge < -0.3 is 4.57 Å². The molecule has 0 aliphatic heterocycles. The lowest BCUT2D eigenvalue weighted by Gasteiger charge is -2.16. The highest BCUT2D eigenvalue weighted by Crippen LogP contribution is 2.40. The first-order chi connectivity index (χ1) is 19.2. The van der Waals surface area contributed by atoms with E-state index in [-0.39, 0.29) is 0 Å². The highest BCUT2D eigenvalue weighted by molar-refractivity contribution is 6.11. The van der Waals surface area contributed by atoms with Crippen LogP contribution in [0.2, 0.25) is 0 Å². The predicted molar refractivity (Wildman–Crippen MR) is 167 cm³/mol. The minimum Gasteiger partial charge on any atom is -0.309 e. The van der Waals surface area contributed by atoms with Crippen LogP contribution < -0.4 is 0 Å². The summed E-state index contributed by atoms with van der Waals surface area (Å²) in [5.41, 5.74) is 13.8. The van der Waals surface area contributed by atoms with E-state index >= 15 is 0 Å². The fraction of sp³-hybridized carbons (Fsp3) is 0.0526. The molecule has 7 aromatic rings. The summed E-state index contributed by atoms with van der Waals surface area (Å²) >= 11 is 0. The fourth-order valence-electron chi connectivity index (χ4n) is 5.97. The van der Waals surface area contributed by atoms with Crippen LogP contribution in [0.15, 0.2) is 140 Å². The molecule has 0 aliphatic rings. The van der Waals surface area contributed by atoms with Crippen LogP contribution in [-0.4, -0.2) is 4.57 Å². The van der Waals surface area contributed by atoms with Crippen LogP contribution in [-0.2, 0) is 0 Å². The third-order valence-electron chi connectivity index (χ3n) is 7.89. The lowest BCUT2D eigenvalue weighted by molar-refractivity contribution is 1.18. The molecule has 0 amide bonds. The molecule has 0 spiro atoms. The molecule has 1 nitrogen and oxygen atoms in total. The van der Waals surface area contributed by atoms with E-state index in [0.717, 1.165) is 0 Å². The van der Waals surface area contributed by atoms with E-state index in [9.17, 15) is 0 Å². The zero-order valence-corrected chi connectivity index (χ0v) is 22.2. The standard InChI is InChI=1S/C38H29N/c1-26-12-9-10-18-32(26)38-27(2)13-11-19-33(38)30-20-22-34-35-24-29(28-14-5-3-6-15-28)21-23-36(35)39(37(34)25-30)31-16-7-4-8-17-31/h3-25H,1-2H3. The van der Waals surface area contributed by atoms with Gasteiger partial charge in [0.25, 0.3) is 0 Å². The van der Waals surface area contributed by atoms with Gasteiger partial charge >= 0.3 is 0 Å². The van der Waals surface area contributed by atoms with Crippen LogP contribution in [0.5, 0.6) is 0 Å². The first-order valence-corrected chi connectivity index (χ1v) is 13.5. The van der Waals surface area contributed by atoms with Gasteiger partial charge in [0.1, 0.15) is 0 Å². The molecule has 186 valence electrons. The number of hydrogen-bond donors (Lipinski definition) is 0. The Labute approximate surface area is 229 Å². The van der Waals surface area contributed by atoms with Gasteiger partial charge in [0.2, 0.25) is 0 Å². The summed E-state index contributed by atoms with van der Waals surface area (Å²) in [6.07, 6.45) is 0. The topological polar surface area (TPSA) is 4.93 Å². The van der Waals surface area contributed by atoms with E-state index in [0.29, 0.717) is 0 Å². The second kappa shape index (κ2) is 9.45. The largest absolute Gasteiger partial charge is 0.309 e. The Morgan fingerprint density at radius 3 is 1.87 bits per heavy atom. The second-order valence-electron chi connectivity index (χ2n) is 10.3. The van der Waals surface area contributed by atoms with Crippen molar-refractivity contribution in [1.82, 2.24) is 4.57 Å². The maximum absolute atomic E-state index is 2.41. The fourth-order valence-corrected chi connectivity index (χ4v) is 5.97. The van der Waals surface area contributed by atoms with E-state index in [1.165, 1.54) is 72.0 Å². The number of benzene rings is 6. The van der Waals surface area contributed by atoms with Crippen LogP contribution >= 0.6 is 0 Å². The average Bonchev–Trinajstić information content (AvgIpc) is 3.31. The molecule has 0 radical (unpaired) electrons. The number of nitrogens with zero attached hydrogens (tertiary/aromatic N) is 1. The molecule has 0 fully saturated rings. The number of aromatic nitrogens is 1. The number of fused-ring (bicyclic) bond motifs is 3. The monoisotopic (exact) mass is 499 g/mol. The molecule has 7 rings (SSSR count). The molecule has 0 atom stereocenters. The minimum atomic E-state index is 1.17. The lowest BCUT2D eigenvalue weighted by atomic mass is 9.89. The molecule has 6 aromatic carbocycles. The summed E-state index contributed by atoms with van der Waals surface area (Å²) in [6, 6.07) is 50.5. The number of para-hydroxylation sites is 1. The van der Waals surface area contributed by atoms with Crippen LogP contribution in [0, 0.1) is 13.8 Å². The van der Waals surface area contributed by atoms with Crippen LogP contribution in [0.1, 0.15) is 11.1 Å². The van der Waals surface area contributed by atoms with E-state index in [1.807, 2.05) is 0 Å². The molecular formula is C38H29N. The average molecular weight is 500 g/mol. The van der Waals surface area contributed by atoms with Crippen LogP contribution in [0.25, 0.3) is 60.9 Å². The number of hydrogen-bond acceptors (Lipinski definition) is 0. The van der Waals surface area contributed by atoms with Gasteiger partial charge in [-0.3, -0.25) is 0 Å². The van der Waals surface area contributed by atoms with E-state index < -0.39 is 0 Å². The van der Waals surface area contributed by atoms with Crippen molar-refractivity contribution in [1.29, 1.82) is 0 Å². The predicted octanol–water partition coefficient (Wildman–Crippen LogP) is 10.4. The summed E-state index contributed by atoms with van der Waals surface area (Å²) < 4.78 is 2.41. The lowest BCUT2D eigenvalue weighted by Crippen LogP contribution is -1.94. The van der Waals surface area contributed by atoms with Crippen molar-refractivity contribution in [2.75, 3.05) is 0 Å². The second-order valence-corrected chi connectivity index (χ2v) is 10.3. The molecular weight excluding hydrogens is 470 g/mol. The zero-order valence-electron chi connectivity index (χ0n) is 22.2. The van der Waals surface area contributed by atoms with Crippen molar-refractivity contribution in [2.45, 2.75) is 13.8 Å². The Morgan fingerprint density at radius 2 is 1.08 bits per heavy atom. The summed E-state index contributed by atoms with van der Waals surface area (Å²) in [6.45, 7) is 4.42. The van der Waals surface area contributed by atoms with Gasteiger partial charge in [-0.25, -0.2) is 0 Å². The quantitative estimate of drug-likeness (QED) is 0.227. The van der Waals surface area contributed by atoms with Crippen molar-refractivity contribution in [3.63, 3.8) is 0 Å². The summed E-state index contributed by atoms with van der Waals surface area (Å²) in [5, 5.41) is 2.53. The molecule has 0 bridgehead atoms. The maximum Gasteiger partial charge on any atom is 0.0547 e. The number of aryl methyl sites for hydroxylation is 2. The van der Waals surface area contributed by atoms with E-state index in [1.54, 1.807) is 0 Å². The van der Waals surface area contributed by atoms with Crippen molar-refractivity contribution in [2.24, 2.45) is 0 Å². The highest BCUT2D eigenvalue weighted by atomic mass is 15.0. The van der Waals surface area contributed by atoms with Gasteiger partial charge in [0, 0.05) is 16.5 Å².